The second-order valence-corrected chi connectivity index (χ2v) is 4.65. The number of rotatable bonds is 4. The van der Waals surface area contributed by atoms with E-state index < -0.39 is 0 Å². The Morgan fingerprint density at radius 1 is 1.26 bits per heavy atom. The molecule has 1 aromatic carbocycles. The van der Waals surface area contributed by atoms with Crippen molar-refractivity contribution in [3.05, 3.63) is 53.3 Å². The van der Waals surface area contributed by atoms with Gasteiger partial charge in [-0.05, 0) is 49.2 Å². The van der Waals surface area contributed by atoms with Gasteiger partial charge >= 0.3 is 0 Å². The van der Waals surface area contributed by atoms with Gasteiger partial charge in [-0.1, -0.05) is 0 Å². The van der Waals surface area contributed by atoms with E-state index in [0.29, 0.717) is 12.1 Å². The lowest BCUT2D eigenvalue weighted by atomic mass is 10.1. The zero-order valence-electron chi connectivity index (χ0n) is 11.1. The molecule has 0 aliphatic rings. The minimum Gasteiger partial charge on any atom is -0.508 e. The molecule has 100 valence electrons. The van der Waals surface area contributed by atoms with Gasteiger partial charge in [0.25, 0.3) is 0 Å². The Kier molecular flexibility index (Phi) is 4.02. The fourth-order valence-electron chi connectivity index (χ4n) is 1.94. The molecular weight excluding hydrogens is 240 g/mol. The SMILES string of the molecule is Cc1ccncc1CNC(C)c1cc(O)ccc1O. The molecule has 0 bridgehead atoms. The predicted octanol–water partition coefficient (Wildman–Crippen LogP) is 2.65. The van der Waals surface area contributed by atoms with Gasteiger partial charge in [0.2, 0.25) is 0 Å². The molecule has 0 aliphatic heterocycles. The third-order valence-corrected chi connectivity index (χ3v) is 3.22. The van der Waals surface area contributed by atoms with Crippen molar-refractivity contribution in [2.24, 2.45) is 0 Å². The van der Waals surface area contributed by atoms with Crippen LogP contribution < -0.4 is 5.32 Å². The molecule has 2 aromatic rings. The standard InChI is InChI=1S/C15H18N2O2/c1-10-5-6-16-8-12(10)9-17-11(2)14-7-13(18)3-4-15(14)19/h3-8,11,17-19H,9H2,1-2H3. The fraction of sp³-hybridized carbons (Fsp3) is 0.267. The van der Waals surface area contributed by atoms with Crippen molar-refractivity contribution in [3.63, 3.8) is 0 Å². The van der Waals surface area contributed by atoms with Crippen LogP contribution in [0.5, 0.6) is 11.5 Å². The van der Waals surface area contributed by atoms with Crippen molar-refractivity contribution < 1.29 is 10.2 Å². The molecule has 0 saturated carbocycles. The Bertz CT molecular complexity index is 570. The highest BCUT2D eigenvalue weighted by atomic mass is 16.3. The molecule has 3 N–H and O–H groups in total. The van der Waals surface area contributed by atoms with Gasteiger partial charge in [-0.2, -0.15) is 0 Å². The number of phenols is 2. The molecule has 1 unspecified atom stereocenters. The maximum Gasteiger partial charge on any atom is 0.120 e. The molecule has 4 nitrogen and oxygen atoms in total. The Morgan fingerprint density at radius 3 is 2.79 bits per heavy atom. The molecule has 0 fully saturated rings. The fourth-order valence-corrected chi connectivity index (χ4v) is 1.94. The molecule has 0 saturated heterocycles. The third kappa shape index (κ3) is 3.23. The summed E-state index contributed by atoms with van der Waals surface area (Å²) in [6.45, 7) is 4.64. The highest BCUT2D eigenvalue weighted by Gasteiger charge is 2.11. The van der Waals surface area contributed by atoms with E-state index in [1.54, 1.807) is 12.3 Å². The van der Waals surface area contributed by atoms with Gasteiger partial charge in [-0.15, -0.1) is 0 Å². The second-order valence-electron chi connectivity index (χ2n) is 4.65. The Hall–Kier alpha value is -2.07. The van der Waals surface area contributed by atoms with Crippen LogP contribution in [0.15, 0.2) is 36.7 Å². The van der Waals surface area contributed by atoms with Gasteiger partial charge in [0.1, 0.15) is 11.5 Å². The van der Waals surface area contributed by atoms with Crippen molar-refractivity contribution in [2.75, 3.05) is 0 Å². The van der Waals surface area contributed by atoms with Gasteiger partial charge in [-0.3, -0.25) is 4.98 Å². The number of hydrogen-bond acceptors (Lipinski definition) is 4. The molecule has 19 heavy (non-hydrogen) atoms. The summed E-state index contributed by atoms with van der Waals surface area (Å²) in [6, 6.07) is 6.44. The van der Waals surface area contributed by atoms with Gasteiger partial charge in [0.15, 0.2) is 0 Å². The molecular formula is C15H18N2O2. The van der Waals surface area contributed by atoms with E-state index >= 15 is 0 Å². The van der Waals surface area contributed by atoms with Crippen molar-refractivity contribution in [1.82, 2.24) is 10.3 Å². The smallest absolute Gasteiger partial charge is 0.120 e. The summed E-state index contributed by atoms with van der Waals surface area (Å²) in [5.41, 5.74) is 2.98. The van der Waals surface area contributed by atoms with Gasteiger partial charge in [0, 0.05) is 30.5 Å². The molecule has 0 spiro atoms. The van der Waals surface area contributed by atoms with Crippen LogP contribution in [0.4, 0.5) is 0 Å². The van der Waals surface area contributed by atoms with E-state index in [1.807, 2.05) is 26.1 Å². The van der Waals surface area contributed by atoms with E-state index in [-0.39, 0.29) is 17.5 Å². The van der Waals surface area contributed by atoms with Crippen molar-refractivity contribution >= 4 is 0 Å². The van der Waals surface area contributed by atoms with Crippen LogP contribution in [-0.4, -0.2) is 15.2 Å². The Labute approximate surface area is 112 Å². The van der Waals surface area contributed by atoms with Gasteiger partial charge in [0.05, 0.1) is 0 Å². The first-order chi connectivity index (χ1) is 9.08. The number of aryl methyl sites for hydroxylation is 1. The van der Waals surface area contributed by atoms with Crippen LogP contribution >= 0.6 is 0 Å². The summed E-state index contributed by atoms with van der Waals surface area (Å²) in [6.07, 6.45) is 3.60. The second kappa shape index (κ2) is 5.71. The van der Waals surface area contributed by atoms with Crippen LogP contribution in [0.25, 0.3) is 0 Å². The molecule has 2 rings (SSSR count). The normalized spacial score (nSPS) is 12.3. The van der Waals surface area contributed by atoms with Crippen LogP contribution in [0.2, 0.25) is 0 Å². The number of pyridine rings is 1. The first kappa shape index (κ1) is 13.4. The summed E-state index contributed by atoms with van der Waals surface area (Å²) in [4.78, 5) is 4.10. The van der Waals surface area contributed by atoms with Crippen molar-refractivity contribution in [1.29, 1.82) is 0 Å². The maximum absolute atomic E-state index is 9.79. The number of aromatic nitrogens is 1. The zero-order valence-corrected chi connectivity index (χ0v) is 11.1. The number of benzene rings is 1. The quantitative estimate of drug-likeness (QED) is 0.738. The summed E-state index contributed by atoms with van der Waals surface area (Å²) in [5.74, 6) is 0.333. The van der Waals surface area contributed by atoms with E-state index in [9.17, 15) is 10.2 Å². The Morgan fingerprint density at radius 2 is 2.05 bits per heavy atom. The first-order valence-corrected chi connectivity index (χ1v) is 6.22. The summed E-state index contributed by atoms with van der Waals surface area (Å²) in [7, 11) is 0. The minimum atomic E-state index is -0.0632. The summed E-state index contributed by atoms with van der Waals surface area (Å²) < 4.78 is 0. The summed E-state index contributed by atoms with van der Waals surface area (Å²) in [5, 5.41) is 22.6. The highest BCUT2D eigenvalue weighted by Crippen LogP contribution is 2.27. The van der Waals surface area contributed by atoms with E-state index in [0.717, 1.165) is 5.56 Å². The molecule has 1 atom stereocenters. The average Bonchev–Trinajstić information content (AvgIpc) is 2.40. The largest absolute Gasteiger partial charge is 0.508 e. The monoisotopic (exact) mass is 258 g/mol. The number of aromatic hydroxyl groups is 2. The molecule has 0 radical (unpaired) electrons. The number of phenolic OH excluding ortho intramolecular Hbond substituents is 2. The first-order valence-electron chi connectivity index (χ1n) is 6.22. The maximum atomic E-state index is 9.79. The minimum absolute atomic E-state index is 0.0632. The van der Waals surface area contributed by atoms with E-state index in [4.69, 9.17) is 0 Å². The lowest BCUT2D eigenvalue weighted by Crippen LogP contribution is -2.18. The number of nitrogens with one attached hydrogen (secondary N) is 1. The van der Waals surface area contributed by atoms with Crippen LogP contribution in [0.3, 0.4) is 0 Å². The van der Waals surface area contributed by atoms with E-state index in [2.05, 4.69) is 10.3 Å². The van der Waals surface area contributed by atoms with Crippen molar-refractivity contribution in [2.45, 2.75) is 26.4 Å². The summed E-state index contributed by atoms with van der Waals surface area (Å²) >= 11 is 0. The molecule has 1 heterocycles. The lowest BCUT2D eigenvalue weighted by Gasteiger charge is -2.16. The van der Waals surface area contributed by atoms with Crippen LogP contribution in [0.1, 0.15) is 29.7 Å². The highest BCUT2D eigenvalue weighted by molar-refractivity contribution is 5.40. The third-order valence-electron chi connectivity index (χ3n) is 3.22. The molecule has 0 aliphatic carbocycles. The Balaban J connectivity index is 2.07. The predicted molar refractivity (Wildman–Crippen MR) is 74.0 cm³/mol. The lowest BCUT2D eigenvalue weighted by molar-refractivity contribution is 0.440. The van der Waals surface area contributed by atoms with Crippen LogP contribution in [-0.2, 0) is 6.54 Å². The van der Waals surface area contributed by atoms with Gasteiger partial charge in [-0.25, -0.2) is 0 Å². The van der Waals surface area contributed by atoms with Crippen molar-refractivity contribution in [3.8, 4) is 11.5 Å². The topological polar surface area (TPSA) is 65.4 Å². The zero-order chi connectivity index (χ0) is 13.8. The molecule has 4 heteroatoms. The number of nitrogens with zero attached hydrogens (tertiary/aromatic N) is 1. The van der Waals surface area contributed by atoms with E-state index in [1.165, 1.54) is 17.7 Å². The number of hydrogen-bond donors (Lipinski definition) is 3. The molecule has 1 aromatic heterocycles. The average molecular weight is 258 g/mol. The van der Waals surface area contributed by atoms with Crippen LogP contribution in [0, 0.1) is 6.92 Å². The van der Waals surface area contributed by atoms with Gasteiger partial charge < -0.3 is 15.5 Å². The molecule has 0 amide bonds.